The number of rotatable bonds is 4. The zero-order chi connectivity index (χ0) is 13.3. The summed E-state index contributed by atoms with van der Waals surface area (Å²) in [7, 11) is 1.74. The molecule has 1 N–H and O–H groups in total. The lowest BCUT2D eigenvalue weighted by Crippen LogP contribution is -2.24. The Kier molecular flexibility index (Phi) is 4.09. The van der Waals surface area contributed by atoms with Crippen LogP contribution in [0, 0.1) is 5.41 Å². The Bertz CT molecular complexity index is 414. The molecule has 0 aliphatic heterocycles. The summed E-state index contributed by atoms with van der Waals surface area (Å²) < 4.78 is 5.51. The molecule has 1 aliphatic carbocycles. The van der Waals surface area contributed by atoms with E-state index in [0.29, 0.717) is 0 Å². The average Bonchev–Trinajstić information content (AvgIpc) is 2.67. The van der Waals surface area contributed by atoms with Gasteiger partial charge in [0.2, 0.25) is 0 Å². The maximum Gasteiger partial charge on any atom is 0.122 e. The topological polar surface area (TPSA) is 42.4 Å². The van der Waals surface area contributed by atoms with E-state index in [1.807, 2.05) is 0 Å². The van der Waals surface area contributed by atoms with Gasteiger partial charge in [0.05, 0.1) is 16.7 Å². The largest absolute Gasteiger partial charge is 0.387 e. The van der Waals surface area contributed by atoms with Crippen molar-refractivity contribution in [3.8, 4) is 0 Å². The van der Waals surface area contributed by atoms with Crippen LogP contribution in [0.4, 0.5) is 0 Å². The van der Waals surface area contributed by atoms with Crippen molar-refractivity contribution in [3.05, 3.63) is 15.6 Å². The summed E-state index contributed by atoms with van der Waals surface area (Å²) in [4.78, 5) is 5.78. The van der Waals surface area contributed by atoms with Crippen molar-refractivity contribution in [2.24, 2.45) is 5.41 Å². The summed E-state index contributed by atoms with van der Waals surface area (Å²) in [5, 5.41) is 11.3. The zero-order valence-electron chi connectivity index (χ0n) is 11.7. The lowest BCUT2D eigenvalue weighted by atomic mass is 9.77. The molecular weight excluding hydrogens is 246 g/mol. The molecule has 18 heavy (non-hydrogen) atoms. The number of ether oxygens (including phenoxy) is 1. The predicted octanol–water partition coefficient (Wildman–Crippen LogP) is 3.64. The highest BCUT2D eigenvalue weighted by molar-refractivity contribution is 7.11. The molecule has 1 heterocycles. The van der Waals surface area contributed by atoms with Crippen LogP contribution < -0.4 is 0 Å². The molecule has 0 amide bonds. The SMILES string of the molecule is CCCC(OC)c1nc2c(s1)C(O)CC(C)(C)C2. The molecule has 1 aliphatic rings. The zero-order valence-corrected chi connectivity index (χ0v) is 12.5. The minimum absolute atomic E-state index is 0.0842. The van der Waals surface area contributed by atoms with Crippen LogP contribution in [0.1, 0.15) is 67.8 Å². The fraction of sp³-hybridized carbons (Fsp3) is 0.786. The van der Waals surface area contributed by atoms with E-state index in [2.05, 4.69) is 20.8 Å². The van der Waals surface area contributed by atoms with Crippen LogP contribution in [-0.2, 0) is 11.2 Å². The highest BCUT2D eigenvalue weighted by atomic mass is 32.1. The van der Waals surface area contributed by atoms with Gasteiger partial charge < -0.3 is 9.84 Å². The molecule has 4 heteroatoms. The Morgan fingerprint density at radius 1 is 1.56 bits per heavy atom. The highest BCUT2D eigenvalue weighted by Crippen LogP contribution is 2.44. The van der Waals surface area contributed by atoms with Gasteiger partial charge in [0, 0.05) is 7.11 Å². The first-order valence-corrected chi connectivity index (χ1v) is 7.49. The molecular formula is C14H23NO2S. The first-order valence-electron chi connectivity index (χ1n) is 6.67. The van der Waals surface area contributed by atoms with Gasteiger partial charge in [-0.3, -0.25) is 0 Å². The molecule has 2 rings (SSSR count). The molecule has 0 aromatic carbocycles. The number of thiazole rings is 1. The van der Waals surface area contributed by atoms with Gasteiger partial charge >= 0.3 is 0 Å². The summed E-state index contributed by atoms with van der Waals surface area (Å²) in [6.07, 6.45) is 3.58. The number of nitrogens with zero attached hydrogens (tertiary/aromatic N) is 1. The average molecular weight is 269 g/mol. The molecule has 102 valence electrons. The fourth-order valence-corrected chi connectivity index (χ4v) is 3.83. The molecule has 2 atom stereocenters. The van der Waals surface area contributed by atoms with Crippen molar-refractivity contribution < 1.29 is 9.84 Å². The minimum Gasteiger partial charge on any atom is -0.387 e. The lowest BCUT2D eigenvalue weighted by molar-refractivity contribution is 0.0936. The Balaban J connectivity index is 2.28. The summed E-state index contributed by atoms with van der Waals surface area (Å²) in [6, 6.07) is 0. The Hall–Kier alpha value is -0.450. The van der Waals surface area contributed by atoms with E-state index in [-0.39, 0.29) is 17.6 Å². The van der Waals surface area contributed by atoms with Crippen molar-refractivity contribution in [3.63, 3.8) is 0 Å². The summed E-state index contributed by atoms with van der Waals surface area (Å²) >= 11 is 1.63. The third-order valence-electron chi connectivity index (χ3n) is 3.55. The highest BCUT2D eigenvalue weighted by Gasteiger charge is 2.34. The minimum atomic E-state index is -0.353. The normalized spacial score (nSPS) is 23.7. The van der Waals surface area contributed by atoms with Gasteiger partial charge in [-0.15, -0.1) is 11.3 Å². The van der Waals surface area contributed by atoms with Gasteiger partial charge in [-0.2, -0.15) is 0 Å². The number of hydrogen-bond acceptors (Lipinski definition) is 4. The molecule has 3 nitrogen and oxygen atoms in total. The van der Waals surface area contributed by atoms with Crippen LogP contribution in [0.15, 0.2) is 0 Å². The molecule has 0 fully saturated rings. The van der Waals surface area contributed by atoms with Crippen LogP contribution >= 0.6 is 11.3 Å². The second kappa shape index (κ2) is 5.27. The fourth-order valence-electron chi connectivity index (χ4n) is 2.65. The van der Waals surface area contributed by atoms with Gasteiger partial charge in [-0.25, -0.2) is 4.98 Å². The van der Waals surface area contributed by atoms with Crippen molar-refractivity contribution in [2.75, 3.05) is 7.11 Å². The number of aliphatic hydroxyl groups excluding tert-OH is 1. The third-order valence-corrected chi connectivity index (χ3v) is 4.84. The number of aliphatic hydroxyl groups is 1. The van der Waals surface area contributed by atoms with E-state index in [9.17, 15) is 5.11 Å². The van der Waals surface area contributed by atoms with Crippen LogP contribution in [0.25, 0.3) is 0 Å². The summed E-state index contributed by atoms with van der Waals surface area (Å²) in [5.41, 5.74) is 1.22. The van der Waals surface area contributed by atoms with Crippen LogP contribution in [0.2, 0.25) is 0 Å². The van der Waals surface area contributed by atoms with E-state index in [1.165, 1.54) is 0 Å². The first kappa shape index (κ1) is 14.0. The van der Waals surface area contributed by atoms with Crippen molar-refractivity contribution in [1.82, 2.24) is 4.98 Å². The number of fused-ring (bicyclic) bond motifs is 1. The maximum atomic E-state index is 10.2. The standard InChI is InChI=1S/C14H23NO2S/c1-5-6-11(17-4)13-15-9-7-14(2,3)8-10(16)12(9)18-13/h10-11,16H,5-8H2,1-4H3. The van der Waals surface area contributed by atoms with Crippen molar-refractivity contribution in [2.45, 2.75) is 58.7 Å². The predicted molar refractivity (Wildman–Crippen MR) is 73.8 cm³/mol. The van der Waals surface area contributed by atoms with Crippen LogP contribution in [0.3, 0.4) is 0 Å². The summed E-state index contributed by atoms with van der Waals surface area (Å²) in [6.45, 7) is 6.54. The molecule has 1 aromatic heterocycles. The van der Waals surface area contributed by atoms with E-state index >= 15 is 0 Å². The Labute approximate surface area is 113 Å². The Morgan fingerprint density at radius 2 is 2.28 bits per heavy atom. The molecule has 0 saturated heterocycles. The lowest BCUT2D eigenvalue weighted by Gasteiger charge is -2.31. The number of aromatic nitrogens is 1. The van der Waals surface area contributed by atoms with E-state index in [1.54, 1.807) is 18.4 Å². The smallest absolute Gasteiger partial charge is 0.122 e. The van der Waals surface area contributed by atoms with Gasteiger partial charge in [-0.1, -0.05) is 27.2 Å². The molecule has 0 spiro atoms. The van der Waals surface area contributed by atoms with E-state index < -0.39 is 0 Å². The van der Waals surface area contributed by atoms with Gasteiger partial charge in [0.25, 0.3) is 0 Å². The third kappa shape index (κ3) is 2.76. The van der Waals surface area contributed by atoms with Gasteiger partial charge in [-0.05, 0) is 24.7 Å². The molecule has 1 aromatic rings. The van der Waals surface area contributed by atoms with Crippen LogP contribution in [0.5, 0.6) is 0 Å². The van der Waals surface area contributed by atoms with Gasteiger partial charge in [0.15, 0.2) is 0 Å². The Morgan fingerprint density at radius 3 is 2.89 bits per heavy atom. The van der Waals surface area contributed by atoms with Crippen molar-refractivity contribution >= 4 is 11.3 Å². The molecule has 0 saturated carbocycles. The number of hydrogen-bond donors (Lipinski definition) is 1. The second-order valence-electron chi connectivity index (χ2n) is 5.94. The van der Waals surface area contributed by atoms with Gasteiger partial charge in [0.1, 0.15) is 11.1 Å². The quantitative estimate of drug-likeness (QED) is 0.907. The molecule has 0 bridgehead atoms. The number of methoxy groups -OCH3 is 1. The monoisotopic (exact) mass is 269 g/mol. The molecule has 0 radical (unpaired) electrons. The summed E-state index contributed by atoms with van der Waals surface area (Å²) in [5.74, 6) is 0. The van der Waals surface area contributed by atoms with E-state index in [4.69, 9.17) is 9.72 Å². The first-order chi connectivity index (χ1) is 8.46. The molecule has 2 unspecified atom stereocenters. The van der Waals surface area contributed by atoms with E-state index in [0.717, 1.165) is 41.3 Å². The van der Waals surface area contributed by atoms with Crippen molar-refractivity contribution in [1.29, 1.82) is 0 Å². The maximum absolute atomic E-state index is 10.2. The second-order valence-corrected chi connectivity index (χ2v) is 7.00. The van der Waals surface area contributed by atoms with Crippen LogP contribution in [-0.4, -0.2) is 17.2 Å².